The number of piperidine rings is 1. The average molecular weight is 421 g/mol. The molecule has 5 nitrogen and oxygen atoms in total. The van der Waals surface area contributed by atoms with Crippen LogP contribution in [-0.2, 0) is 20.6 Å². The third kappa shape index (κ3) is 5.13. The molecular formula is C21H25ClN2O3S. The minimum atomic E-state index is -3.49. The molecule has 0 bridgehead atoms. The van der Waals surface area contributed by atoms with Crippen molar-refractivity contribution in [3.63, 3.8) is 0 Å². The highest BCUT2D eigenvalue weighted by molar-refractivity contribution is 7.88. The van der Waals surface area contributed by atoms with Crippen LogP contribution in [0, 0.1) is 19.8 Å². The van der Waals surface area contributed by atoms with E-state index in [-0.39, 0.29) is 24.1 Å². The van der Waals surface area contributed by atoms with Crippen LogP contribution in [0.25, 0.3) is 0 Å². The van der Waals surface area contributed by atoms with Crippen LogP contribution in [0.3, 0.4) is 0 Å². The number of hydrogen-bond acceptors (Lipinski definition) is 3. The Morgan fingerprint density at radius 3 is 2.54 bits per heavy atom. The van der Waals surface area contributed by atoms with Gasteiger partial charge in [0.15, 0.2) is 0 Å². The monoisotopic (exact) mass is 420 g/mol. The van der Waals surface area contributed by atoms with Crippen LogP contribution in [0.1, 0.15) is 29.5 Å². The number of benzene rings is 2. The van der Waals surface area contributed by atoms with E-state index in [2.05, 4.69) is 5.32 Å². The first-order valence-electron chi connectivity index (χ1n) is 9.35. The second-order valence-corrected chi connectivity index (χ2v) is 9.77. The Bertz CT molecular complexity index is 958. The van der Waals surface area contributed by atoms with Gasteiger partial charge in [-0.1, -0.05) is 29.8 Å². The Hall–Kier alpha value is -1.89. The molecule has 1 saturated heterocycles. The lowest BCUT2D eigenvalue weighted by Crippen LogP contribution is -2.44. The van der Waals surface area contributed by atoms with Gasteiger partial charge in [0.1, 0.15) is 0 Å². The second kappa shape index (κ2) is 8.64. The van der Waals surface area contributed by atoms with Gasteiger partial charge < -0.3 is 5.32 Å². The van der Waals surface area contributed by atoms with Crippen molar-refractivity contribution in [3.05, 3.63) is 64.2 Å². The zero-order chi connectivity index (χ0) is 20.3. The molecule has 150 valence electrons. The molecule has 7 heteroatoms. The molecule has 3 rings (SSSR count). The number of nitrogens with zero attached hydrogens (tertiary/aromatic N) is 1. The van der Waals surface area contributed by atoms with E-state index in [9.17, 15) is 13.2 Å². The fourth-order valence-corrected chi connectivity index (χ4v) is 5.09. The molecule has 0 aliphatic carbocycles. The Morgan fingerprint density at radius 2 is 1.86 bits per heavy atom. The van der Waals surface area contributed by atoms with Gasteiger partial charge >= 0.3 is 0 Å². The third-order valence-electron chi connectivity index (χ3n) is 5.19. The summed E-state index contributed by atoms with van der Waals surface area (Å²) in [5, 5.41) is 3.50. The van der Waals surface area contributed by atoms with Crippen LogP contribution >= 0.6 is 11.6 Å². The largest absolute Gasteiger partial charge is 0.326 e. The van der Waals surface area contributed by atoms with Crippen molar-refractivity contribution in [2.45, 2.75) is 32.4 Å². The van der Waals surface area contributed by atoms with Gasteiger partial charge in [0.25, 0.3) is 0 Å². The number of carbonyl (C=O) groups is 1. The molecule has 1 aliphatic rings. The zero-order valence-corrected chi connectivity index (χ0v) is 17.7. The molecular weight excluding hydrogens is 396 g/mol. The molecule has 2 aromatic carbocycles. The standard InChI is InChI=1S/C21H25ClN2O3S/c1-15-5-10-20(12-16(15)2)23-21(25)18-4-3-11-24(13-18)28(26,27)14-17-6-8-19(22)9-7-17/h5-10,12,18H,3-4,11,13-14H2,1-2H3,(H,23,25)/t18-/m1/s1. The van der Waals surface area contributed by atoms with Gasteiger partial charge in [-0.3, -0.25) is 4.79 Å². The number of sulfonamides is 1. The molecule has 0 saturated carbocycles. The van der Waals surface area contributed by atoms with Crippen LogP contribution in [0.15, 0.2) is 42.5 Å². The molecule has 1 N–H and O–H groups in total. The first-order chi connectivity index (χ1) is 13.2. The van der Waals surface area contributed by atoms with E-state index in [0.717, 1.165) is 16.8 Å². The van der Waals surface area contributed by atoms with Crippen LogP contribution < -0.4 is 5.32 Å². The van der Waals surface area contributed by atoms with Crippen molar-refractivity contribution in [2.75, 3.05) is 18.4 Å². The fraction of sp³-hybridized carbons (Fsp3) is 0.381. The van der Waals surface area contributed by atoms with Crippen molar-refractivity contribution >= 4 is 33.2 Å². The minimum Gasteiger partial charge on any atom is -0.326 e. The first-order valence-corrected chi connectivity index (χ1v) is 11.3. The van der Waals surface area contributed by atoms with Crippen molar-refractivity contribution in [1.29, 1.82) is 0 Å². The minimum absolute atomic E-state index is 0.0876. The van der Waals surface area contributed by atoms with Gasteiger partial charge in [0.05, 0.1) is 11.7 Å². The zero-order valence-electron chi connectivity index (χ0n) is 16.1. The Morgan fingerprint density at radius 1 is 1.14 bits per heavy atom. The number of nitrogens with one attached hydrogen (secondary N) is 1. The van der Waals surface area contributed by atoms with E-state index in [1.54, 1.807) is 24.3 Å². The SMILES string of the molecule is Cc1ccc(NC(=O)[C@@H]2CCCN(S(=O)(=O)Cc3ccc(Cl)cc3)C2)cc1C. The lowest BCUT2D eigenvalue weighted by Gasteiger charge is -2.31. The van der Waals surface area contributed by atoms with Crippen LogP contribution in [0.5, 0.6) is 0 Å². The second-order valence-electron chi connectivity index (χ2n) is 7.37. The van der Waals surface area contributed by atoms with E-state index in [1.165, 1.54) is 4.31 Å². The molecule has 0 radical (unpaired) electrons. The highest BCUT2D eigenvalue weighted by Crippen LogP contribution is 2.24. The topological polar surface area (TPSA) is 66.5 Å². The van der Waals surface area contributed by atoms with Crippen LogP contribution in [-0.4, -0.2) is 31.7 Å². The van der Waals surface area contributed by atoms with Crippen molar-refractivity contribution in [3.8, 4) is 0 Å². The summed E-state index contributed by atoms with van der Waals surface area (Å²) in [6.45, 7) is 4.68. The van der Waals surface area contributed by atoms with Crippen molar-refractivity contribution in [1.82, 2.24) is 4.31 Å². The smallest absolute Gasteiger partial charge is 0.228 e. The van der Waals surface area contributed by atoms with Gasteiger partial charge in [0, 0.05) is 23.8 Å². The van der Waals surface area contributed by atoms with Crippen molar-refractivity contribution < 1.29 is 13.2 Å². The van der Waals surface area contributed by atoms with Gasteiger partial charge in [-0.2, -0.15) is 0 Å². The molecule has 1 heterocycles. The maximum atomic E-state index is 12.8. The fourth-order valence-electron chi connectivity index (χ4n) is 3.36. The van der Waals surface area contributed by atoms with E-state index < -0.39 is 10.0 Å². The quantitative estimate of drug-likeness (QED) is 0.790. The van der Waals surface area contributed by atoms with Gasteiger partial charge in [-0.25, -0.2) is 12.7 Å². The highest BCUT2D eigenvalue weighted by atomic mass is 35.5. The predicted molar refractivity (Wildman–Crippen MR) is 113 cm³/mol. The molecule has 1 aliphatic heterocycles. The summed E-state index contributed by atoms with van der Waals surface area (Å²) in [7, 11) is -3.49. The van der Waals surface area contributed by atoms with E-state index >= 15 is 0 Å². The molecule has 1 fully saturated rings. The Kier molecular flexibility index (Phi) is 6.43. The van der Waals surface area contributed by atoms with E-state index in [4.69, 9.17) is 11.6 Å². The van der Waals surface area contributed by atoms with E-state index in [0.29, 0.717) is 30.0 Å². The van der Waals surface area contributed by atoms with Crippen LogP contribution in [0.4, 0.5) is 5.69 Å². The maximum Gasteiger partial charge on any atom is 0.228 e. The number of rotatable bonds is 5. The number of hydrogen-bond donors (Lipinski definition) is 1. The predicted octanol–water partition coefficient (Wildman–Crippen LogP) is 4.14. The average Bonchev–Trinajstić information content (AvgIpc) is 2.66. The molecule has 0 unspecified atom stereocenters. The molecule has 2 aromatic rings. The highest BCUT2D eigenvalue weighted by Gasteiger charge is 2.32. The number of carbonyl (C=O) groups excluding carboxylic acids is 1. The maximum absolute atomic E-state index is 12.8. The number of amides is 1. The number of aryl methyl sites for hydroxylation is 2. The summed E-state index contributed by atoms with van der Waals surface area (Å²) < 4.78 is 27.1. The Labute approximate surface area is 171 Å². The molecule has 0 aromatic heterocycles. The molecule has 1 amide bonds. The molecule has 0 spiro atoms. The number of anilines is 1. The normalized spacial score (nSPS) is 18.0. The van der Waals surface area contributed by atoms with Gasteiger partial charge in [0.2, 0.25) is 15.9 Å². The summed E-state index contributed by atoms with van der Waals surface area (Å²) in [6.07, 6.45) is 1.36. The van der Waals surface area contributed by atoms with Gasteiger partial charge in [-0.15, -0.1) is 0 Å². The lowest BCUT2D eigenvalue weighted by molar-refractivity contribution is -0.120. The Balaban J connectivity index is 1.66. The van der Waals surface area contributed by atoms with Gasteiger partial charge in [-0.05, 0) is 67.6 Å². The summed E-state index contributed by atoms with van der Waals surface area (Å²) in [4.78, 5) is 12.7. The van der Waals surface area contributed by atoms with E-state index in [1.807, 2.05) is 32.0 Å². The molecule has 28 heavy (non-hydrogen) atoms. The summed E-state index contributed by atoms with van der Waals surface area (Å²) in [5.41, 5.74) is 3.70. The van der Waals surface area contributed by atoms with Crippen LogP contribution in [0.2, 0.25) is 5.02 Å². The lowest BCUT2D eigenvalue weighted by atomic mass is 9.98. The third-order valence-corrected chi connectivity index (χ3v) is 7.25. The first kappa shape index (κ1) is 20.8. The summed E-state index contributed by atoms with van der Waals surface area (Å²) >= 11 is 5.87. The van der Waals surface area contributed by atoms with Crippen molar-refractivity contribution in [2.24, 2.45) is 5.92 Å². The summed E-state index contributed by atoms with van der Waals surface area (Å²) in [6, 6.07) is 12.6. The summed E-state index contributed by atoms with van der Waals surface area (Å²) in [5.74, 6) is -0.569. The molecule has 1 atom stereocenters. The number of halogens is 1.